The fraction of sp³-hybridized carbons (Fsp3) is 0.200. The van der Waals surface area contributed by atoms with Gasteiger partial charge in [-0.25, -0.2) is 4.79 Å². The molecule has 5 heteroatoms. The predicted molar refractivity (Wildman–Crippen MR) is 55.8 cm³/mol. The summed E-state index contributed by atoms with van der Waals surface area (Å²) in [6.07, 6.45) is 0. The Balaban J connectivity index is 2.59. The van der Waals surface area contributed by atoms with E-state index in [0.717, 1.165) is 22.1 Å². The van der Waals surface area contributed by atoms with Gasteiger partial charge in [-0.2, -0.15) is 0 Å². The number of aromatic amines is 1. The van der Waals surface area contributed by atoms with E-state index < -0.39 is 0 Å². The fourth-order valence-corrected chi connectivity index (χ4v) is 1.78. The van der Waals surface area contributed by atoms with Crippen LogP contribution in [0.1, 0.15) is 5.69 Å². The Bertz CT molecular complexity index is 717. The molecule has 0 radical (unpaired) electrons. The standard InChI is InChI=1S/C10H9N3O2/c1-5-6-3-7-8(4-9(6)15-12-5)13(2)10(14)11-7/h3-4H,1-2H3,(H,11,14). The molecule has 1 N–H and O–H groups in total. The second-order valence-corrected chi connectivity index (χ2v) is 3.62. The van der Waals surface area contributed by atoms with Crippen molar-refractivity contribution in [2.75, 3.05) is 0 Å². The molecule has 0 fully saturated rings. The molecule has 3 aromatic rings. The van der Waals surface area contributed by atoms with Crippen LogP contribution in [0.15, 0.2) is 21.5 Å². The van der Waals surface area contributed by atoms with Crippen molar-refractivity contribution in [3.05, 3.63) is 28.3 Å². The number of hydrogen-bond acceptors (Lipinski definition) is 3. The highest BCUT2D eigenvalue weighted by Gasteiger charge is 2.09. The molecule has 0 bridgehead atoms. The van der Waals surface area contributed by atoms with Crippen molar-refractivity contribution in [1.29, 1.82) is 0 Å². The molecule has 0 saturated carbocycles. The Morgan fingerprint density at radius 2 is 2.27 bits per heavy atom. The Morgan fingerprint density at radius 3 is 3.07 bits per heavy atom. The van der Waals surface area contributed by atoms with E-state index in [1.165, 1.54) is 0 Å². The van der Waals surface area contributed by atoms with Gasteiger partial charge in [0.2, 0.25) is 0 Å². The molecule has 0 amide bonds. The zero-order chi connectivity index (χ0) is 10.6. The molecule has 0 atom stereocenters. The van der Waals surface area contributed by atoms with Crippen molar-refractivity contribution >= 4 is 22.0 Å². The maximum atomic E-state index is 11.4. The van der Waals surface area contributed by atoms with Crippen molar-refractivity contribution in [2.24, 2.45) is 7.05 Å². The number of imidazole rings is 1. The summed E-state index contributed by atoms with van der Waals surface area (Å²) in [5, 5.41) is 4.81. The molecular weight excluding hydrogens is 194 g/mol. The Kier molecular flexibility index (Phi) is 1.38. The van der Waals surface area contributed by atoms with E-state index in [1.807, 2.05) is 19.1 Å². The molecule has 0 aliphatic heterocycles. The molecule has 5 nitrogen and oxygen atoms in total. The Morgan fingerprint density at radius 1 is 1.47 bits per heavy atom. The normalized spacial score (nSPS) is 11.6. The minimum absolute atomic E-state index is 0.122. The van der Waals surface area contributed by atoms with Crippen molar-refractivity contribution in [2.45, 2.75) is 6.92 Å². The van der Waals surface area contributed by atoms with Gasteiger partial charge in [-0.15, -0.1) is 0 Å². The summed E-state index contributed by atoms with van der Waals surface area (Å²) in [4.78, 5) is 14.2. The van der Waals surface area contributed by atoms with Gasteiger partial charge in [-0.1, -0.05) is 5.16 Å². The molecule has 0 saturated heterocycles. The predicted octanol–water partition coefficient (Wildman–Crippen LogP) is 1.32. The van der Waals surface area contributed by atoms with Crippen LogP contribution < -0.4 is 5.69 Å². The molecule has 15 heavy (non-hydrogen) atoms. The number of aromatic nitrogens is 3. The SMILES string of the molecule is Cc1noc2cc3c(cc12)[nH]c(=O)n3C. The Hall–Kier alpha value is -2.04. The molecule has 3 rings (SSSR count). The number of benzene rings is 1. The average Bonchev–Trinajstić information content (AvgIpc) is 2.70. The molecular formula is C10H9N3O2. The van der Waals surface area contributed by atoms with Gasteiger partial charge in [0.25, 0.3) is 0 Å². The van der Waals surface area contributed by atoms with Gasteiger partial charge in [-0.3, -0.25) is 4.57 Å². The van der Waals surface area contributed by atoms with Crippen LogP contribution in [-0.4, -0.2) is 14.7 Å². The average molecular weight is 203 g/mol. The third-order valence-corrected chi connectivity index (χ3v) is 2.68. The van der Waals surface area contributed by atoms with Crippen LogP contribution in [0, 0.1) is 6.92 Å². The van der Waals surface area contributed by atoms with E-state index in [4.69, 9.17) is 4.52 Å². The number of nitrogens with zero attached hydrogens (tertiary/aromatic N) is 2. The molecule has 1 aromatic carbocycles. The lowest BCUT2D eigenvalue weighted by Crippen LogP contribution is -2.11. The van der Waals surface area contributed by atoms with Gasteiger partial charge in [0.1, 0.15) is 0 Å². The minimum Gasteiger partial charge on any atom is -0.356 e. The van der Waals surface area contributed by atoms with Crippen LogP contribution in [0.4, 0.5) is 0 Å². The number of fused-ring (bicyclic) bond motifs is 2. The third kappa shape index (κ3) is 0.971. The third-order valence-electron chi connectivity index (χ3n) is 2.68. The van der Waals surface area contributed by atoms with Gasteiger partial charge < -0.3 is 9.51 Å². The molecule has 2 heterocycles. The number of nitrogens with one attached hydrogen (secondary N) is 1. The van der Waals surface area contributed by atoms with Gasteiger partial charge in [-0.05, 0) is 13.0 Å². The van der Waals surface area contributed by atoms with Crippen molar-refractivity contribution in [1.82, 2.24) is 14.7 Å². The maximum absolute atomic E-state index is 11.4. The lowest BCUT2D eigenvalue weighted by molar-refractivity contribution is 0.450. The first kappa shape index (κ1) is 8.28. The van der Waals surface area contributed by atoms with Crippen LogP contribution in [-0.2, 0) is 7.05 Å². The second kappa shape index (κ2) is 2.50. The van der Waals surface area contributed by atoms with Gasteiger partial charge >= 0.3 is 5.69 Å². The zero-order valence-corrected chi connectivity index (χ0v) is 8.37. The zero-order valence-electron chi connectivity index (χ0n) is 8.37. The Labute approximate surface area is 84.3 Å². The van der Waals surface area contributed by atoms with E-state index in [0.29, 0.717) is 5.58 Å². The van der Waals surface area contributed by atoms with Crippen molar-refractivity contribution < 1.29 is 4.52 Å². The highest BCUT2D eigenvalue weighted by atomic mass is 16.5. The van der Waals surface area contributed by atoms with Crippen LogP contribution in [0.25, 0.3) is 22.0 Å². The summed E-state index contributed by atoms with van der Waals surface area (Å²) in [5.74, 6) is 0. The maximum Gasteiger partial charge on any atom is 0.326 e. The van der Waals surface area contributed by atoms with Gasteiger partial charge in [0, 0.05) is 18.5 Å². The highest BCUT2D eigenvalue weighted by molar-refractivity contribution is 5.93. The molecule has 2 aromatic heterocycles. The fourth-order valence-electron chi connectivity index (χ4n) is 1.78. The lowest BCUT2D eigenvalue weighted by atomic mass is 10.2. The van der Waals surface area contributed by atoms with E-state index in [2.05, 4.69) is 10.1 Å². The summed E-state index contributed by atoms with van der Waals surface area (Å²) in [6, 6.07) is 3.71. The number of aryl methyl sites for hydroxylation is 2. The largest absolute Gasteiger partial charge is 0.356 e. The lowest BCUT2D eigenvalue weighted by Gasteiger charge is -1.92. The van der Waals surface area contributed by atoms with Gasteiger partial charge in [0.05, 0.1) is 16.7 Å². The van der Waals surface area contributed by atoms with Crippen LogP contribution >= 0.6 is 0 Å². The topological polar surface area (TPSA) is 63.8 Å². The van der Waals surface area contributed by atoms with E-state index >= 15 is 0 Å². The molecule has 0 aliphatic rings. The number of rotatable bonds is 0. The summed E-state index contributed by atoms with van der Waals surface area (Å²) in [6.45, 7) is 1.87. The summed E-state index contributed by atoms with van der Waals surface area (Å²) in [5.41, 5.74) is 3.04. The summed E-state index contributed by atoms with van der Waals surface area (Å²) < 4.78 is 6.69. The molecule has 0 unspecified atom stereocenters. The van der Waals surface area contributed by atoms with Crippen LogP contribution in [0.2, 0.25) is 0 Å². The van der Waals surface area contributed by atoms with Crippen LogP contribution in [0.5, 0.6) is 0 Å². The highest BCUT2D eigenvalue weighted by Crippen LogP contribution is 2.22. The quantitative estimate of drug-likeness (QED) is 0.599. The second-order valence-electron chi connectivity index (χ2n) is 3.62. The summed E-state index contributed by atoms with van der Waals surface area (Å²) >= 11 is 0. The van der Waals surface area contributed by atoms with Crippen molar-refractivity contribution in [3.8, 4) is 0 Å². The molecule has 0 spiro atoms. The van der Waals surface area contributed by atoms with Crippen molar-refractivity contribution in [3.63, 3.8) is 0 Å². The first-order valence-corrected chi connectivity index (χ1v) is 4.61. The van der Waals surface area contributed by atoms with Crippen LogP contribution in [0.3, 0.4) is 0 Å². The number of hydrogen-bond donors (Lipinski definition) is 1. The molecule has 0 aliphatic carbocycles. The first-order chi connectivity index (χ1) is 7.16. The monoisotopic (exact) mass is 203 g/mol. The number of H-pyrrole nitrogens is 1. The first-order valence-electron chi connectivity index (χ1n) is 4.61. The molecule has 76 valence electrons. The smallest absolute Gasteiger partial charge is 0.326 e. The van der Waals surface area contributed by atoms with Gasteiger partial charge in [0.15, 0.2) is 5.58 Å². The van der Waals surface area contributed by atoms with E-state index in [1.54, 1.807) is 11.6 Å². The van der Waals surface area contributed by atoms with E-state index in [9.17, 15) is 4.79 Å². The summed E-state index contributed by atoms with van der Waals surface area (Å²) in [7, 11) is 1.72. The van der Waals surface area contributed by atoms with E-state index in [-0.39, 0.29) is 5.69 Å². The minimum atomic E-state index is -0.122.